The SMILES string of the molecule is CC(=O)C1N(C)CCCN1C. The number of Topliss-reactive ketones (excluding diaryl/α,β-unsaturated/α-hetero) is 1. The second kappa shape index (κ2) is 3.32. The monoisotopic (exact) mass is 156 g/mol. The number of rotatable bonds is 1. The van der Waals surface area contributed by atoms with Crippen LogP contribution in [0.25, 0.3) is 0 Å². The first kappa shape index (κ1) is 8.68. The molecule has 0 saturated carbocycles. The summed E-state index contributed by atoms with van der Waals surface area (Å²) in [6, 6.07) is 0. The molecule has 0 aromatic carbocycles. The summed E-state index contributed by atoms with van der Waals surface area (Å²) in [5.41, 5.74) is 0. The van der Waals surface area contributed by atoms with Crippen molar-refractivity contribution in [3.05, 3.63) is 0 Å². The van der Waals surface area contributed by atoms with Crippen LogP contribution in [0.4, 0.5) is 0 Å². The molecule has 0 aromatic heterocycles. The van der Waals surface area contributed by atoms with Crippen LogP contribution in [0.15, 0.2) is 0 Å². The smallest absolute Gasteiger partial charge is 0.161 e. The van der Waals surface area contributed by atoms with Gasteiger partial charge >= 0.3 is 0 Å². The van der Waals surface area contributed by atoms with Crippen LogP contribution in [0.3, 0.4) is 0 Å². The summed E-state index contributed by atoms with van der Waals surface area (Å²) in [7, 11) is 4.00. The number of hydrogen-bond acceptors (Lipinski definition) is 3. The van der Waals surface area contributed by atoms with Crippen molar-refractivity contribution < 1.29 is 4.79 Å². The topological polar surface area (TPSA) is 23.6 Å². The van der Waals surface area contributed by atoms with Gasteiger partial charge in [0.05, 0.1) is 0 Å². The Morgan fingerprint density at radius 1 is 1.27 bits per heavy atom. The van der Waals surface area contributed by atoms with Crippen molar-refractivity contribution in [1.29, 1.82) is 0 Å². The third-order valence-electron chi connectivity index (χ3n) is 2.22. The zero-order valence-electron chi connectivity index (χ0n) is 7.50. The lowest BCUT2D eigenvalue weighted by Crippen LogP contribution is -2.53. The molecule has 0 bridgehead atoms. The van der Waals surface area contributed by atoms with Gasteiger partial charge in [0, 0.05) is 13.1 Å². The van der Waals surface area contributed by atoms with Crippen LogP contribution in [-0.2, 0) is 4.79 Å². The Balaban J connectivity index is 2.62. The van der Waals surface area contributed by atoms with E-state index in [2.05, 4.69) is 9.80 Å². The highest BCUT2D eigenvalue weighted by Gasteiger charge is 2.26. The number of nitrogens with zero attached hydrogens (tertiary/aromatic N) is 2. The molecule has 0 aliphatic carbocycles. The number of hydrogen-bond donors (Lipinski definition) is 0. The van der Waals surface area contributed by atoms with E-state index >= 15 is 0 Å². The number of carbonyl (C=O) groups excluding carboxylic acids is 1. The molecule has 0 spiro atoms. The van der Waals surface area contributed by atoms with Gasteiger partial charge < -0.3 is 0 Å². The number of carbonyl (C=O) groups is 1. The predicted molar refractivity (Wildman–Crippen MR) is 44.3 cm³/mol. The van der Waals surface area contributed by atoms with E-state index in [4.69, 9.17) is 0 Å². The highest BCUT2D eigenvalue weighted by Crippen LogP contribution is 2.10. The van der Waals surface area contributed by atoms with E-state index in [0.29, 0.717) is 0 Å². The van der Waals surface area contributed by atoms with Crippen molar-refractivity contribution in [2.45, 2.75) is 19.5 Å². The maximum absolute atomic E-state index is 11.1. The molecule has 1 saturated heterocycles. The Morgan fingerprint density at radius 2 is 1.73 bits per heavy atom. The molecule has 64 valence electrons. The summed E-state index contributed by atoms with van der Waals surface area (Å²) in [5, 5.41) is 0. The second-order valence-corrected chi connectivity index (χ2v) is 3.30. The standard InChI is InChI=1S/C8H16N2O/c1-7(11)8-9(2)5-4-6-10(8)3/h8H,4-6H2,1-3H3. The molecule has 1 aliphatic rings. The summed E-state index contributed by atoms with van der Waals surface area (Å²) in [6.07, 6.45) is 1.18. The zero-order valence-corrected chi connectivity index (χ0v) is 7.50. The van der Waals surface area contributed by atoms with Gasteiger partial charge in [-0.3, -0.25) is 14.6 Å². The van der Waals surface area contributed by atoms with Gasteiger partial charge in [-0.15, -0.1) is 0 Å². The van der Waals surface area contributed by atoms with Crippen LogP contribution >= 0.6 is 0 Å². The minimum atomic E-state index is 0.0174. The van der Waals surface area contributed by atoms with E-state index in [9.17, 15) is 4.79 Å². The quantitative estimate of drug-likeness (QED) is 0.540. The lowest BCUT2D eigenvalue weighted by molar-refractivity contribution is -0.129. The normalized spacial score (nSPS) is 23.9. The molecule has 3 heteroatoms. The van der Waals surface area contributed by atoms with Crippen molar-refractivity contribution in [1.82, 2.24) is 9.80 Å². The Kier molecular flexibility index (Phi) is 2.62. The van der Waals surface area contributed by atoms with Crippen LogP contribution in [0, 0.1) is 0 Å². The first-order valence-electron chi connectivity index (χ1n) is 4.04. The van der Waals surface area contributed by atoms with Crippen molar-refractivity contribution in [3.63, 3.8) is 0 Å². The maximum Gasteiger partial charge on any atom is 0.161 e. The molecule has 0 amide bonds. The Hall–Kier alpha value is -0.410. The molecule has 1 heterocycles. The molecule has 0 radical (unpaired) electrons. The number of ketones is 1. The molecule has 1 aliphatic heterocycles. The van der Waals surface area contributed by atoms with E-state index in [-0.39, 0.29) is 11.9 Å². The Morgan fingerprint density at radius 3 is 2.00 bits per heavy atom. The molecule has 3 nitrogen and oxygen atoms in total. The fourth-order valence-corrected chi connectivity index (χ4v) is 1.77. The van der Waals surface area contributed by atoms with Gasteiger partial charge in [-0.05, 0) is 27.4 Å². The lowest BCUT2D eigenvalue weighted by atomic mass is 10.2. The average molecular weight is 156 g/mol. The van der Waals surface area contributed by atoms with Crippen molar-refractivity contribution in [2.24, 2.45) is 0 Å². The first-order valence-corrected chi connectivity index (χ1v) is 4.04. The first-order chi connectivity index (χ1) is 5.13. The summed E-state index contributed by atoms with van der Waals surface area (Å²) < 4.78 is 0. The third-order valence-corrected chi connectivity index (χ3v) is 2.22. The minimum Gasteiger partial charge on any atom is -0.297 e. The zero-order chi connectivity index (χ0) is 8.43. The Bertz CT molecular complexity index is 148. The summed E-state index contributed by atoms with van der Waals surface area (Å²) in [5.74, 6) is 0.245. The van der Waals surface area contributed by atoms with E-state index in [1.54, 1.807) is 6.92 Å². The summed E-state index contributed by atoms with van der Waals surface area (Å²) in [6.45, 7) is 3.73. The summed E-state index contributed by atoms with van der Waals surface area (Å²) in [4.78, 5) is 15.3. The van der Waals surface area contributed by atoms with Crippen LogP contribution < -0.4 is 0 Å². The highest BCUT2D eigenvalue weighted by molar-refractivity contribution is 5.81. The number of likely N-dealkylation sites (N-methyl/N-ethyl adjacent to an activating group) is 2. The van der Waals surface area contributed by atoms with Gasteiger partial charge in [-0.25, -0.2) is 0 Å². The lowest BCUT2D eigenvalue weighted by Gasteiger charge is -2.38. The van der Waals surface area contributed by atoms with E-state index in [0.717, 1.165) is 19.5 Å². The van der Waals surface area contributed by atoms with Crippen LogP contribution in [-0.4, -0.2) is 48.9 Å². The van der Waals surface area contributed by atoms with Crippen molar-refractivity contribution in [2.75, 3.05) is 27.2 Å². The van der Waals surface area contributed by atoms with Gasteiger partial charge in [0.25, 0.3) is 0 Å². The second-order valence-electron chi connectivity index (χ2n) is 3.30. The molecule has 0 aromatic rings. The highest BCUT2D eigenvalue weighted by atomic mass is 16.1. The van der Waals surface area contributed by atoms with Crippen molar-refractivity contribution in [3.8, 4) is 0 Å². The molecule has 1 fully saturated rings. The van der Waals surface area contributed by atoms with Crippen LogP contribution in [0.2, 0.25) is 0 Å². The summed E-state index contributed by atoms with van der Waals surface area (Å²) >= 11 is 0. The molecular weight excluding hydrogens is 140 g/mol. The maximum atomic E-state index is 11.1. The minimum absolute atomic E-state index is 0.0174. The molecular formula is C8H16N2O. The molecule has 1 rings (SSSR count). The van der Waals surface area contributed by atoms with Crippen molar-refractivity contribution >= 4 is 5.78 Å². The molecule has 0 unspecified atom stereocenters. The molecule has 0 atom stereocenters. The average Bonchev–Trinajstić information content (AvgIpc) is 1.85. The Labute approximate surface area is 68.0 Å². The fourth-order valence-electron chi connectivity index (χ4n) is 1.77. The van der Waals surface area contributed by atoms with E-state index < -0.39 is 0 Å². The molecule has 0 N–H and O–H groups in total. The van der Waals surface area contributed by atoms with E-state index in [1.807, 2.05) is 14.1 Å². The third kappa shape index (κ3) is 1.79. The van der Waals surface area contributed by atoms with Gasteiger partial charge in [0.2, 0.25) is 0 Å². The van der Waals surface area contributed by atoms with E-state index in [1.165, 1.54) is 0 Å². The largest absolute Gasteiger partial charge is 0.297 e. The predicted octanol–water partition coefficient (Wildman–Crippen LogP) is 0.169. The van der Waals surface area contributed by atoms with Gasteiger partial charge in [0.1, 0.15) is 6.17 Å². The van der Waals surface area contributed by atoms with Gasteiger partial charge in [-0.2, -0.15) is 0 Å². The van der Waals surface area contributed by atoms with Gasteiger partial charge in [-0.1, -0.05) is 0 Å². The van der Waals surface area contributed by atoms with Crippen LogP contribution in [0.1, 0.15) is 13.3 Å². The van der Waals surface area contributed by atoms with Gasteiger partial charge in [0.15, 0.2) is 5.78 Å². The van der Waals surface area contributed by atoms with Crippen LogP contribution in [0.5, 0.6) is 0 Å². The fraction of sp³-hybridized carbons (Fsp3) is 0.875. The molecule has 11 heavy (non-hydrogen) atoms.